The summed E-state index contributed by atoms with van der Waals surface area (Å²) >= 11 is 1.76. The Hall–Kier alpha value is -1.78. The van der Waals surface area contributed by atoms with Gasteiger partial charge in [-0.25, -0.2) is 0 Å². The summed E-state index contributed by atoms with van der Waals surface area (Å²) in [5.74, 6) is 0.843. The maximum Gasteiger partial charge on any atom is 0.232 e. The van der Waals surface area contributed by atoms with Crippen molar-refractivity contribution in [2.45, 2.75) is 24.3 Å². The Labute approximate surface area is 135 Å². The van der Waals surface area contributed by atoms with E-state index in [1.807, 2.05) is 30.3 Å². The molecule has 1 amide bonds. The van der Waals surface area contributed by atoms with Crippen molar-refractivity contribution >= 4 is 23.4 Å². The lowest BCUT2D eigenvalue weighted by molar-refractivity contribution is -0.117. The quantitative estimate of drug-likeness (QED) is 0.886. The number of nitrogens with one attached hydrogen (secondary N) is 2. The number of amides is 1. The van der Waals surface area contributed by atoms with Crippen LogP contribution < -0.4 is 10.6 Å². The van der Waals surface area contributed by atoms with Crippen LogP contribution in [-0.2, 0) is 11.3 Å². The Bertz CT molecular complexity index is 672. The van der Waals surface area contributed by atoms with Crippen molar-refractivity contribution in [2.75, 3.05) is 17.6 Å². The van der Waals surface area contributed by atoms with E-state index in [4.69, 9.17) is 0 Å². The number of benzene rings is 2. The minimum Gasteiger partial charge on any atom is -0.325 e. The average Bonchev–Trinajstić information content (AvgIpc) is 2.98. The van der Waals surface area contributed by atoms with Gasteiger partial charge in [0.25, 0.3) is 0 Å². The first-order valence-corrected chi connectivity index (χ1v) is 8.59. The van der Waals surface area contributed by atoms with Crippen molar-refractivity contribution in [1.29, 1.82) is 0 Å². The highest BCUT2D eigenvalue weighted by Gasteiger charge is 2.29. The zero-order valence-corrected chi connectivity index (χ0v) is 13.5. The molecule has 0 aromatic heterocycles. The smallest absolute Gasteiger partial charge is 0.232 e. The summed E-state index contributed by atoms with van der Waals surface area (Å²) < 4.78 is 0. The van der Waals surface area contributed by atoms with Gasteiger partial charge < -0.3 is 10.6 Å². The molecule has 2 aromatic rings. The molecular formula is C18H20N2OS. The van der Waals surface area contributed by atoms with E-state index >= 15 is 0 Å². The summed E-state index contributed by atoms with van der Waals surface area (Å²) in [7, 11) is 0. The predicted octanol–water partition coefficient (Wildman–Crippen LogP) is 3.62. The fourth-order valence-electron chi connectivity index (χ4n) is 2.66. The lowest BCUT2D eigenvalue weighted by atomic mass is 10.0. The summed E-state index contributed by atoms with van der Waals surface area (Å²) in [6.45, 7) is 3.76. The molecule has 0 unspecified atom stereocenters. The molecule has 3 nitrogen and oxygen atoms in total. The molecule has 1 heterocycles. The minimum atomic E-state index is -0.0617. The first-order chi connectivity index (χ1) is 10.8. The molecule has 0 aliphatic carbocycles. The van der Waals surface area contributed by atoms with Crippen LogP contribution in [0.4, 0.5) is 5.69 Å². The third-order valence-corrected chi connectivity index (χ3v) is 5.04. The largest absolute Gasteiger partial charge is 0.325 e. The van der Waals surface area contributed by atoms with Gasteiger partial charge in [0.15, 0.2) is 0 Å². The molecule has 1 atom stereocenters. The highest BCUT2D eigenvalue weighted by molar-refractivity contribution is 7.99. The van der Waals surface area contributed by atoms with E-state index < -0.39 is 0 Å². The molecule has 2 aromatic carbocycles. The molecule has 114 valence electrons. The third kappa shape index (κ3) is 3.18. The number of para-hydroxylation sites is 1. The molecule has 0 fully saturated rings. The minimum absolute atomic E-state index is 0.0617. The normalized spacial score (nSPS) is 16.3. The fraction of sp³-hybridized carbons (Fsp3) is 0.278. The molecule has 1 aliphatic rings. The Balaban J connectivity index is 1.76. The highest BCUT2D eigenvalue weighted by atomic mass is 32.2. The second kappa shape index (κ2) is 6.99. The molecule has 3 rings (SSSR count). The number of hydrogen-bond acceptors (Lipinski definition) is 3. The van der Waals surface area contributed by atoms with Crippen molar-refractivity contribution < 1.29 is 4.79 Å². The van der Waals surface area contributed by atoms with E-state index in [9.17, 15) is 4.79 Å². The molecule has 0 bridgehead atoms. The average molecular weight is 312 g/mol. The standard InChI is InChI=1S/C18H20N2OS/c1-2-19-11-13-7-3-5-9-16(13)20-18(21)15-12-22-17-10-6-4-8-14(15)17/h3-10,15,19H,2,11-12H2,1H3,(H,20,21)/t15-/m0/s1. The molecule has 2 N–H and O–H groups in total. The number of rotatable bonds is 5. The van der Waals surface area contributed by atoms with Gasteiger partial charge in [0.05, 0.1) is 5.92 Å². The van der Waals surface area contributed by atoms with Gasteiger partial charge >= 0.3 is 0 Å². The van der Waals surface area contributed by atoms with E-state index in [1.165, 1.54) is 4.90 Å². The topological polar surface area (TPSA) is 41.1 Å². The van der Waals surface area contributed by atoms with Crippen molar-refractivity contribution in [3.8, 4) is 0 Å². The fourth-order valence-corrected chi connectivity index (χ4v) is 3.88. The molecule has 1 aliphatic heterocycles. The van der Waals surface area contributed by atoms with Crippen LogP contribution in [0.25, 0.3) is 0 Å². The van der Waals surface area contributed by atoms with Gasteiger partial charge in [-0.2, -0.15) is 0 Å². The zero-order valence-electron chi connectivity index (χ0n) is 12.6. The van der Waals surface area contributed by atoms with Crippen LogP contribution >= 0.6 is 11.8 Å². The van der Waals surface area contributed by atoms with E-state index in [0.717, 1.165) is 35.7 Å². The number of hydrogen-bond donors (Lipinski definition) is 2. The summed E-state index contributed by atoms with van der Waals surface area (Å²) in [4.78, 5) is 13.9. The second-order valence-corrected chi connectivity index (χ2v) is 6.39. The van der Waals surface area contributed by atoms with E-state index in [0.29, 0.717) is 0 Å². The summed E-state index contributed by atoms with van der Waals surface area (Å²) in [5, 5.41) is 6.42. The summed E-state index contributed by atoms with van der Waals surface area (Å²) in [6.07, 6.45) is 0. The van der Waals surface area contributed by atoms with Crippen molar-refractivity contribution in [1.82, 2.24) is 5.32 Å². The molecule has 22 heavy (non-hydrogen) atoms. The van der Waals surface area contributed by atoms with E-state index in [1.54, 1.807) is 11.8 Å². The van der Waals surface area contributed by atoms with Crippen LogP contribution in [0.15, 0.2) is 53.4 Å². The van der Waals surface area contributed by atoms with Gasteiger partial charge in [0.2, 0.25) is 5.91 Å². The van der Waals surface area contributed by atoms with E-state index in [2.05, 4.69) is 35.8 Å². The van der Waals surface area contributed by atoms with Crippen molar-refractivity contribution in [3.05, 3.63) is 59.7 Å². The molecule has 0 spiro atoms. The number of carbonyl (C=O) groups excluding carboxylic acids is 1. The Morgan fingerprint density at radius 1 is 1.18 bits per heavy atom. The summed E-state index contributed by atoms with van der Waals surface area (Å²) in [6, 6.07) is 16.2. The second-order valence-electron chi connectivity index (χ2n) is 5.33. The molecule has 0 radical (unpaired) electrons. The van der Waals surface area contributed by atoms with Gasteiger partial charge in [-0.05, 0) is 29.8 Å². The third-order valence-electron chi connectivity index (χ3n) is 3.86. The van der Waals surface area contributed by atoms with Gasteiger partial charge in [-0.3, -0.25) is 4.79 Å². The van der Waals surface area contributed by atoms with Crippen LogP contribution in [0, 0.1) is 0 Å². The lowest BCUT2D eigenvalue weighted by Crippen LogP contribution is -2.22. The van der Waals surface area contributed by atoms with E-state index in [-0.39, 0.29) is 11.8 Å². The van der Waals surface area contributed by atoms with Gasteiger partial charge in [-0.15, -0.1) is 11.8 Å². The van der Waals surface area contributed by atoms with Crippen LogP contribution in [0.1, 0.15) is 24.0 Å². The van der Waals surface area contributed by atoms with Crippen LogP contribution in [0.5, 0.6) is 0 Å². The maximum atomic E-state index is 12.7. The number of anilines is 1. The lowest BCUT2D eigenvalue weighted by Gasteiger charge is -2.15. The Morgan fingerprint density at radius 2 is 1.95 bits per heavy atom. The predicted molar refractivity (Wildman–Crippen MR) is 92.4 cm³/mol. The van der Waals surface area contributed by atoms with Crippen LogP contribution in [-0.4, -0.2) is 18.2 Å². The maximum absolute atomic E-state index is 12.7. The van der Waals surface area contributed by atoms with Crippen molar-refractivity contribution in [2.24, 2.45) is 0 Å². The van der Waals surface area contributed by atoms with Crippen LogP contribution in [0.2, 0.25) is 0 Å². The molecular weight excluding hydrogens is 292 g/mol. The first-order valence-electron chi connectivity index (χ1n) is 7.60. The number of carbonyl (C=O) groups is 1. The van der Waals surface area contributed by atoms with Gasteiger partial charge in [-0.1, -0.05) is 43.3 Å². The van der Waals surface area contributed by atoms with Crippen molar-refractivity contribution in [3.63, 3.8) is 0 Å². The summed E-state index contributed by atoms with van der Waals surface area (Å²) in [5.41, 5.74) is 3.17. The Kier molecular flexibility index (Phi) is 4.80. The van der Waals surface area contributed by atoms with Gasteiger partial charge in [0.1, 0.15) is 0 Å². The number of fused-ring (bicyclic) bond motifs is 1. The molecule has 4 heteroatoms. The molecule has 0 saturated carbocycles. The molecule has 0 saturated heterocycles. The van der Waals surface area contributed by atoms with Gasteiger partial charge in [0, 0.05) is 22.9 Å². The monoisotopic (exact) mass is 312 g/mol. The first kappa shape index (κ1) is 15.1. The Morgan fingerprint density at radius 3 is 2.82 bits per heavy atom. The highest BCUT2D eigenvalue weighted by Crippen LogP contribution is 2.39. The zero-order chi connectivity index (χ0) is 15.4. The number of thioether (sulfide) groups is 1. The SMILES string of the molecule is CCNCc1ccccc1NC(=O)[C@H]1CSc2ccccc21. The van der Waals surface area contributed by atoms with Crippen LogP contribution in [0.3, 0.4) is 0 Å².